The van der Waals surface area contributed by atoms with Gasteiger partial charge in [0.2, 0.25) is 11.8 Å². The molecule has 1 aromatic carbocycles. The molecule has 0 spiro atoms. The minimum Gasteiger partial charge on any atom is -0.466 e. The Morgan fingerprint density at radius 3 is 2.31 bits per heavy atom. The van der Waals surface area contributed by atoms with Crippen LogP contribution in [0.1, 0.15) is 46.0 Å². The number of rotatable bonds is 9. The van der Waals surface area contributed by atoms with Gasteiger partial charge in [-0.05, 0) is 43.3 Å². The van der Waals surface area contributed by atoms with E-state index in [-0.39, 0.29) is 29.8 Å². The molecule has 0 aliphatic heterocycles. The molecule has 1 rings (SSSR count). The largest absolute Gasteiger partial charge is 0.466 e. The lowest BCUT2D eigenvalue weighted by molar-refractivity contribution is -0.144. The van der Waals surface area contributed by atoms with Crippen molar-refractivity contribution in [3.63, 3.8) is 0 Å². The van der Waals surface area contributed by atoms with E-state index >= 15 is 0 Å². The fraction of sp³-hybridized carbons (Fsp3) is 0.444. The normalized spacial score (nSPS) is 9.92. The monoisotopic (exact) mass is 379 g/mol. The SMILES string of the molecule is CCCOC(=O)CCC(=O)NC(=S)Nc1cccc(NC(=O)CCC)c1. The Kier molecular flexibility index (Phi) is 9.93. The standard InChI is InChI=1S/C18H25N3O4S/c1-3-6-15(22)19-13-7-5-8-14(12-13)20-18(26)21-16(23)9-10-17(24)25-11-4-2/h5,7-8,12H,3-4,6,9-11H2,1-2H3,(H,19,22)(H2,20,21,23,26). The van der Waals surface area contributed by atoms with Gasteiger partial charge in [0.05, 0.1) is 13.0 Å². The summed E-state index contributed by atoms with van der Waals surface area (Å²) in [6.07, 6.45) is 1.97. The predicted octanol–water partition coefficient (Wildman–Crippen LogP) is 2.97. The third-order valence-corrected chi connectivity index (χ3v) is 3.36. The number of nitrogens with one attached hydrogen (secondary N) is 3. The molecular formula is C18H25N3O4S. The lowest BCUT2D eigenvalue weighted by Crippen LogP contribution is -2.34. The van der Waals surface area contributed by atoms with Crippen LogP contribution in [0.25, 0.3) is 0 Å². The predicted molar refractivity (Wildman–Crippen MR) is 105 cm³/mol. The second-order valence-corrected chi connectivity index (χ2v) is 6.01. The number of hydrogen-bond acceptors (Lipinski definition) is 5. The topological polar surface area (TPSA) is 96.5 Å². The zero-order chi connectivity index (χ0) is 19.4. The number of carbonyl (C=O) groups excluding carboxylic acids is 3. The number of ether oxygens (including phenoxy) is 1. The lowest BCUT2D eigenvalue weighted by Gasteiger charge is -2.11. The van der Waals surface area contributed by atoms with Gasteiger partial charge in [-0.15, -0.1) is 0 Å². The number of amides is 2. The van der Waals surface area contributed by atoms with Gasteiger partial charge in [-0.25, -0.2) is 0 Å². The summed E-state index contributed by atoms with van der Waals surface area (Å²) in [4.78, 5) is 34.8. The first-order chi connectivity index (χ1) is 12.4. The van der Waals surface area contributed by atoms with Crippen LogP contribution in [-0.4, -0.2) is 29.5 Å². The highest BCUT2D eigenvalue weighted by molar-refractivity contribution is 7.80. The molecule has 0 saturated carbocycles. The summed E-state index contributed by atoms with van der Waals surface area (Å²) in [6, 6.07) is 7.00. The van der Waals surface area contributed by atoms with Crippen molar-refractivity contribution in [3.05, 3.63) is 24.3 Å². The Balaban J connectivity index is 2.43. The Hall–Kier alpha value is -2.48. The van der Waals surface area contributed by atoms with Crippen molar-refractivity contribution < 1.29 is 19.1 Å². The number of hydrogen-bond donors (Lipinski definition) is 3. The van der Waals surface area contributed by atoms with E-state index in [1.54, 1.807) is 24.3 Å². The zero-order valence-electron chi connectivity index (χ0n) is 15.1. The van der Waals surface area contributed by atoms with Crippen LogP contribution >= 0.6 is 12.2 Å². The van der Waals surface area contributed by atoms with E-state index in [1.807, 2.05) is 13.8 Å². The maximum Gasteiger partial charge on any atom is 0.306 e. The quantitative estimate of drug-likeness (QED) is 0.451. The third kappa shape index (κ3) is 9.12. The maximum atomic E-state index is 11.8. The van der Waals surface area contributed by atoms with Crippen molar-refractivity contribution in [1.82, 2.24) is 5.32 Å². The van der Waals surface area contributed by atoms with Gasteiger partial charge in [-0.3, -0.25) is 14.4 Å². The van der Waals surface area contributed by atoms with Crippen molar-refractivity contribution in [1.29, 1.82) is 0 Å². The molecule has 26 heavy (non-hydrogen) atoms. The molecule has 0 saturated heterocycles. The fourth-order valence-electron chi connectivity index (χ4n) is 1.98. The summed E-state index contributed by atoms with van der Waals surface area (Å²) < 4.78 is 4.90. The van der Waals surface area contributed by atoms with Gasteiger partial charge in [-0.1, -0.05) is 19.9 Å². The Morgan fingerprint density at radius 2 is 1.65 bits per heavy atom. The Morgan fingerprint density at radius 1 is 0.962 bits per heavy atom. The summed E-state index contributed by atoms with van der Waals surface area (Å²) >= 11 is 5.09. The maximum absolute atomic E-state index is 11.8. The van der Waals surface area contributed by atoms with Crippen LogP contribution in [0.3, 0.4) is 0 Å². The van der Waals surface area contributed by atoms with E-state index < -0.39 is 5.97 Å². The van der Waals surface area contributed by atoms with E-state index in [0.717, 1.165) is 12.8 Å². The summed E-state index contributed by atoms with van der Waals surface area (Å²) in [5.41, 5.74) is 1.27. The third-order valence-electron chi connectivity index (χ3n) is 3.16. The minimum atomic E-state index is -0.406. The molecule has 2 amide bonds. The molecule has 0 aliphatic carbocycles. The van der Waals surface area contributed by atoms with Gasteiger partial charge in [-0.2, -0.15) is 0 Å². The van der Waals surface area contributed by atoms with Crippen LogP contribution in [0.2, 0.25) is 0 Å². The average molecular weight is 379 g/mol. The van der Waals surface area contributed by atoms with Crippen molar-refractivity contribution in [2.24, 2.45) is 0 Å². The van der Waals surface area contributed by atoms with Gasteiger partial charge < -0.3 is 20.7 Å². The summed E-state index contributed by atoms with van der Waals surface area (Å²) in [5, 5.41) is 8.28. The molecule has 0 unspecified atom stereocenters. The fourth-order valence-corrected chi connectivity index (χ4v) is 2.21. The molecule has 0 bridgehead atoms. The summed E-state index contributed by atoms with van der Waals surface area (Å²) in [5.74, 6) is -0.838. The van der Waals surface area contributed by atoms with Gasteiger partial charge in [0, 0.05) is 24.2 Å². The number of thiocarbonyl (C=S) groups is 1. The average Bonchev–Trinajstić information content (AvgIpc) is 2.58. The molecule has 0 atom stereocenters. The molecule has 7 nitrogen and oxygen atoms in total. The molecule has 0 heterocycles. The highest BCUT2D eigenvalue weighted by atomic mass is 32.1. The second-order valence-electron chi connectivity index (χ2n) is 5.60. The first-order valence-corrected chi connectivity index (χ1v) is 9.01. The van der Waals surface area contributed by atoms with Crippen LogP contribution in [0.5, 0.6) is 0 Å². The van der Waals surface area contributed by atoms with E-state index in [4.69, 9.17) is 17.0 Å². The highest BCUT2D eigenvalue weighted by Crippen LogP contribution is 2.15. The van der Waals surface area contributed by atoms with Crippen LogP contribution in [0, 0.1) is 0 Å². The van der Waals surface area contributed by atoms with Gasteiger partial charge >= 0.3 is 5.97 Å². The van der Waals surface area contributed by atoms with Crippen molar-refractivity contribution >= 4 is 46.5 Å². The van der Waals surface area contributed by atoms with E-state index in [0.29, 0.717) is 24.4 Å². The van der Waals surface area contributed by atoms with Gasteiger partial charge in [0.15, 0.2) is 5.11 Å². The highest BCUT2D eigenvalue weighted by Gasteiger charge is 2.10. The van der Waals surface area contributed by atoms with Crippen molar-refractivity contribution in [2.75, 3.05) is 17.2 Å². The number of esters is 1. The lowest BCUT2D eigenvalue weighted by atomic mass is 10.2. The van der Waals surface area contributed by atoms with E-state index in [9.17, 15) is 14.4 Å². The first-order valence-electron chi connectivity index (χ1n) is 8.61. The zero-order valence-corrected chi connectivity index (χ0v) is 15.9. The smallest absolute Gasteiger partial charge is 0.306 e. The summed E-state index contributed by atoms with van der Waals surface area (Å²) in [6.45, 7) is 4.18. The Labute approximate surface area is 158 Å². The van der Waals surface area contributed by atoms with E-state index in [1.165, 1.54) is 0 Å². The summed E-state index contributed by atoms with van der Waals surface area (Å²) in [7, 11) is 0. The molecule has 0 radical (unpaired) electrons. The molecule has 142 valence electrons. The van der Waals surface area contributed by atoms with Crippen molar-refractivity contribution in [3.8, 4) is 0 Å². The van der Waals surface area contributed by atoms with Gasteiger partial charge in [0.1, 0.15) is 0 Å². The first kappa shape index (κ1) is 21.6. The number of anilines is 2. The van der Waals surface area contributed by atoms with Crippen LogP contribution in [0.15, 0.2) is 24.3 Å². The van der Waals surface area contributed by atoms with Crippen LogP contribution < -0.4 is 16.0 Å². The number of benzene rings is 1. The molecule has 3 N–H and O–H groups in total. The van der Waals surface area contributed by atoms with E-state index in [2.05, 4.69) is 16.0 Å². The molecule has 0 fully saturated rings. The number of carbonyl (C=O) groups is 3. The van der Waals surface area contributed by atoms with Crippen molar-refractivity contribution in [2.45, 2.75) is 46.0 Å². The molecule has 0 aliphatic rings. The molecule has 0 aromatic heterocycles. The second kappa shape index (κ2) is 12.0. The van der Waals surface area contributed by atoms with Gasteiger partial charge in [0.25, 0.3) is 0 Å². The van der Waals surface area contributed by atoms with Crippen LogP contribution in [0.4, 0.5) is 11.4 Å². The molecule has 8 heteroatoms. The molecular weight excluding hydrogens is 354 g/mol. The van der Waals surface area contributed by atoms with Crippen LogP contribution in [-0.2, 0) is 19.1 Å². The molecule has 1 aromatic rings. The Bertz CT molecular complexity index is 649. The minimum absolute atomic E-state index is 0.00250.